The highest BCUT2D eigenvalue weighted by Crippen LogP contribution is 2.05. The Kier molecular flexibility index (Phi) is 6.09. The maximum absolute atomic E-state index is 13.1. The van der Waals surface area contributed by atoms with Crippen LogP contribution >= 0.6 is 0 Å². The van der Waals surface area contributed by atoms with E-state index in [1.54, 1.807) is 12.1 Å². The van der Waals surface area contributed by atoms with Crippen LogP contribution in [0.3, 0.4) is 0 Å². The Morgan fingerprint density at radius 2 is 1.71 bits per heavy atom. The van der Waals surface area contributed by atoms with Gasteiger partial charge in [-0.3, -0.25) is 9.59 Å². The minimum absolute atomic E-state index is 0.0352. The van der Waals surface area contributed by atoms with Crippen LogP contribution < -0.4 is 10.6 Å². The monoisotopic (exact) mass is 324 g/mol. The molecule has 4 nitrogen and oxygen atoms in total. The van der Waals surface area contributed by atoms with Crippen molar-refractivity contribution in [3.8, 4) is 11.8 Å². The summed E-state index contributed by atoms with van der Waals surface area (Å²) in [6.07, 6.45) is 0. The van der Waals surface area contributed by atoms with E-state index in [0.29, 0.717) is 12.1 Å². The summed E-state index contributed by atoms with van der Waals surface area (Å²) in [7, 11) is 0. The van der Waals surface area contributed by atoms with Gasteiger partial charge < -0.3 is 10.6 Å². The van der Waals surface area contributed by atoms with Crippen LogP contribution in [0, 0.1) is 17.7 Å². The zero-order valence-corrected chi connectivity index (χ0v) is 13.2. The molecule has 0 aliphatic heterocycles. The van der Waals surface area contributed by atoms with Gasteiger partial charge in [-0.25, -0.2) is 4.39 Å². The quantitative estimate of drug-likeness (QED) is 0.845. The fourth-order valence-corrected chi connectivity index (χ4v) is 1.88. The first-order valence-corrected chi connectivity index (χ1v) is 7.40. The van der Waals surface area contributed by atoms with E-state index in [1.807, 2.05) is 24.3 Å². The van der Waals surface area contributed by atoms with Crippen molar-refractivity contribution in [2.75, 3.05) is 6.54 Å². The molecule has 0 bridgehead atoms. The summed E-state index contributed by atoms with van der Waals surface area (Å²) in [6, 6.07) is 13.5. The van der Waals surface area contributed by atoms with E-state index in [1.165, 1.54) is 19.1 Å². The third kappa shape index (κ3) is 5.93. The second-order valence-electron chi connectivity index (χ2n) is 5.14. The first kappa shape index (κ1) is 17.2. The summed E-state index contributed by atoms with van der Waals surface area (Å²) in [5.41, 5.74) is 2.33. The molecule has 0 unspecified atom stereocenters. The van der Waals surface area contributed by atoms with E-state index in [9.17, 15) is 14.0 Å². The number of halogens is 1. The molecule has 2 aromatic carbocycles. The molecule has 0 atom stereocenters. The van der Waals surface area contributed by atoms with Gasteiger partial charge in [0.1, 0.15) is 5.82 Å². The van der Waals surface area contributed by atoms with Crippen LogP contribution in [-0.2, 0) is 16.1 Å². The zero-order valence-electron chi connectivity index (χ0n) is 13.2. The molecule has 0 radical (unpaired) electrons. The molecule has 0 aromatic heterocycles. The van der Waals surface area contributed by atoms with Gasteiger partial charge in [0, 0.05) is 24.6 Å². The molecule has 0 spiro atoms. The average Bonchev–Trinajstić information content (AvgIpc) is 2.57. The van der Waals surface area contributed by atoms with Crippen molar-refractivity contribution in [3.05, 3.63) is 71.0 Å². The fourth-order valence-electron chi connectivity index (χ4n) is 1.88. The van der Waals surface area contributed by atoms with Crippen LogP contribution in [0.15, 0.2) is 48.5 Å². The highest BCUT2D eigenvalue weighted by molar-refractivity contribution is 5.83. The van der Waals surface area contributed by atoms with Crippen LogP contribution in [-0.4, -0.2) is 18.4 Å². The van der Waals surface area contributed by atoms with Crippen molar-refractivity contribution in [1.29, 1.82) is 0 Å². The molecular weight excluding hydrogens is 307 g/mol. The molecule has 122 valence electrons. The van der Waals surface area contributed by atoms with Gasteiger partial charge in [-0.15, -0.1) is 0 Å². The van der Waals surface area contributed by atoms with Gasteiger partial charge in [0.15, 0.2) is 0 Å². The summed E-state index contributed by atoms with van der Waals surface area (Å²) < 4.78 is 13.1. The van der Waals surface area contributed by atoms with Crippen molar-refractivity contribution in [2.45, 2.75) is 13.5 Å². The molecule has 5 heteroatoms. The van der Waals surface area contributed by atoms with Crippen molar-refractivity contribution in [3.63, 3.8) is 0 Å². The maximum Gasteiger partial charge on any atom is 0.239 e. The number of carbonyl (C=O) groups excluding carboxylic acids is 2. The third-order valence-corrected chi connectivity index (χ3v) is 3.12. The minimum Gasteiger partial charge on any atom is -0.350 e. The van der Waals surface area contributed by atoms with E-state index in [2.05, 4.69) is 22.5 Å². The summed E-state index contributed by atoms with van der Waals surface area (Å²) in [5, 5.41) is 5.14. The first-order valence-electron chi connectivity index (χ1n) is 7.40. The van der Waals surface area contributed by atoms with Crippen LogP contribution in [0.4, 0.5) is 4.39 Å². The van der Waals surface area contributed by atoms with E-state index >= 15 is 0 Å². The Balaban J connectivity index is 1.89. The fraction of sp³-hybridized carbons (Fsp3) is 0.158. The van der Waals surface area contributed by atoms with Crippen LogP contribution in [0.25, 0.3) is 0 Å². The van der Waals surface area contributed by atoms with Gasteiger partial charge in [0.05, 0.1) is 6.54 Å². The summed E-state index contributed by atoms with van der Waals surface area (Å²) in [6.45, 7) is 1.69. The molecule has 2 rings (SSSR count). The normalized spacial score (nSPS) is 9.58. The topological polar surface area (TPSA) is 58.2 Å². The van der Waals surface area contributed by atoms with E-state index < -0.39 is 0 Å². The Morgan fingerprint density at radius 1 is 1.00 bits per heavy atom. The van der Waals surface area contributed by atoms with Gasteiger partial charge in [0.2, 0.25) is 11.8 Å². The number of amides is 2. The first-order chi connectivity index (χ1) is 11.5. The van der Waals surface area contributed by atoms with Crippen LogP contribution in [0.5, 0.6) is 0 Å². The Morgan fingerprint density at radius 3 is 2.38 bits per heavy atom. The molecular formula is C19H17FN2O2. The lowest BCUT2D eigenvalue weighted by atomic mass is 10.1. The SMILES string of the molecule is CC(=O)NCC(=O)NCc1ccc(C#Cc2cccc(F)c2)cc1. The molecule has 2 aromatic rings. The molecule has 0 aliphatic rings. The molecule has 24 heavy (non-hydrogen) atoms. The van der Waals surface area contributed by atoms with Crippen molar-refractivity contribution in [1.82, 2.24) is 10.6 Å². The Hall–Kier alpha value is -3.13. The van der Waals surface area contributed by atoms with E-state index in [0.717, 1.165) is 11.1 Å². The number of rotatable bonds is 4. The Labute approximate surface area is 140 Å². The number of carbonyl (C=O) groups is 2. The predicted octanol–water partition coefficient (Wildman–Crippen LogP) is 1.98. The maximum atomic E-state index is 13.1. The minimum atomic E-state index is -0.313. The second kappa shape index (κ2) is 8.49. The number of hydrogen-bond acceptors (Lipinski definition) is 2. The highest BCUT2D eigenvalue weighted by Gasteiger charge is 2.01. The van der Waals surface area contributed by atoms with Crippen LogP contribution in [0.2, 0.25) is 0 Å². The largest absolute Gasteiger partial charge is 0.350 e. The van der Waals surface area contributed by atoms with E-state index in [4.69, 9.17) is 0 Å². The van der Waals surface area contributed by atoms with Crippen molar-refractivity contribution < 1.29 is 14.0 Å². The predicted molar refractivity (Wildman–Crippen MR) is 89.4 cm³/mol. The van der Waals surface area contributed by atoms with Gasteiger partial charge in [0.25, 0.3) is 0 Å². The highest BCUT2D eigenvalue weighted by atomic mass is 19.1. The molecule has 0 fully saturated rings. The number of nitrogens with one attached hydrogen (secondary N) is 2. The smallest absolute Gasteiger partial charge is 0.239 e. The summed E-state index contributed by atoms with van der Waals surface area (Å²) >= 11 is 0. The molecule has 0 heterocycles. The van der Waals surface area contributed by atoms with Gasteiger partial charge in [-0.2, -0.15) is 0 Å². The van der Waals surface area contributed by atoms with E-state index in [-0.39, 0.29) is 24.2 Å². The number of hydrogen-bond donors (Lipinski definition) is 2. The van der Waals surface area contributed by atoms with Crippen molar-refractivity contribution in [2.24, 2.45) is 0 Å². The third-order valence-electron chi connectivity index (χ3n) is 3.12. The molecule has 2 amide bonds. The lowest BCUT2D eigenvalue weighted by Gasteiger charge is -2.05. The lowest BCUT2D eigenvalue weighted by molar-refractivity contribution is -0.125. The zero-order chi connectivity index (χ0) is 17.4. The summed E-state index contributed by atoms with van der Waals surface area (Å²) in [4.78, 5) is 22.2. The van der Waals surface area contributed by atoms with Gasteiger partial charge in [-0.1, -0.05) is 30.0 Å². The summed E-state index contributed by atoms with van der Waals surface area (Å²) in [5.74, 6) is 5.05. The van der Waals surface area contributed by atoms with Gasteiger partial charge >= 0.3 is 0 Å². The molecule has 2 N–H and O–H groups in total. The molecule has 0 aliphatic carbocycles. The van der Waals surface area contributed by atoms with Crippen molar-refractivity contribution >= 4 is 11.8 Å². The molecule has 0 saturated carbocycles. The van der Waals surface area contributed by atoms with Crippen LogP contribution in [0.1, 0.15) is 23.6 Å². The Bertz CT molecular complexity index is 789. The standard InChI is InChI=1S/C19H17FN2O2/c1-14(23)21-13-19(24)22-12-17-9-6-15(7-10-17)5-8-16-3-2-4-18(20)11-16/h2-4,6-7,9-11H,12-13H2,1H3,(H,21,23)(H,22,24). The van der Waals surface area contributed by atoms with Gasteiger partial charge in [-0.05, 0) is 35.9 Å². The second-order valence-corrected chi connectivity index (χ2v) is 5.14. The molecule has 0 saturated heterocycles. The lowest BCUT2D eigenvalue weighted by Crippen LogP contribution is -2.35. The average molecular weight is 324 g/mol. The number of benzene rings is 2.